The second kappa shape index (κ2) is 8.34. The first-order valence-corrected chi connectivity index (χ1v) is 8.95. The van der Waals surface area contributed by atoms with Gasteiger partial charge in [-0.3, -0.25) is 19.4 Å². The predicted octanol–water partition coefficient (Wildman–Crippen LogP) is 2.23. The van der Waals surface area contributed by atoms with Gasteiger partial charge in [-0.15, -0.1) is 0 Å². The average molecular weight is 389 g/mol. The number of carbonyl (C=O) groups excluding carboxylic acids is 1. The summed E-state index contributed by atoms with van der Waals surface area (Å²) in [6.07, 6.45) is 9.93. The zero-order valence-electron chi connectivity index (χ0n) is 15.8. The summed E-state index contributed by atoms with van der Waals surface area (Å²) in [6, 6.07) is 9.45. The molecule has 1 N–H and O–H groups in total. The lowest BCUT2D eigenvalue weighted by molar-refractivity contribution is -0.116. The van der Waals surface area contributed by atoms with Gasteiger partial charge in [-0.2, -0.15) is 10.2 Å². The molecule has 0 saturated carbocycles. The molecule has 0 spiro atoms. The van der Waals surface area contributed by atoms with Crippen LogP contribution in [-0.2, 0) is 17.9 Å². The Morgan fingerprint density at radius 2 is 2.00 bits per heavy atom. The molecule has 0 radical (unpaired) electrons. The van der Waals surface area contributed by atoms with Crippen molar-refractivity contribution in [2.75, 3.05) is 12.4 Å². The van der Waals surface area contributed by atoms with Crippen molar-refractivity contribution in [3.05, 3.63) is 73.1 Å². The molecule has 146 valence electrons. The molecule has 4 rings (SSSR count). The van der Waals surface area contributed by atoms with E-state index in [0.717, 1.165) is 16.9 Å². The van der Waals surface area contributed by atoms with Gasteiger partial charge in [0.15, 0.2) is 0 Å². The molecule has 9 nitrogen and oxygen atoms in total. The van der Waals surface area contributed by atoms with E-state index in [1.54, 1.807) is 59.7 Å². The number of methoxy groups -OCH3 is 1. The van der Waals surface area contributed by atoms with Crippen LogP contribution in [0.2, 0.25) is 0 Å². The highest BCUT2D eigenvalue weighted by atomic mass is 16.5. The van der Waals surface area contributed by atoms with Gasteiger partial charge in [-0.05, 0) is 6.07 Å². The Balaban J connectivity index is 1.42. The largest absolute Gasteiger partial charge is 0.496 e. The molecular weight excluding hydrogens is 370 g/mol. The van der Waals surface area contributed by atoms with Crippen LogP contribution in [0.1, 0.15) is 5.56 Å². The van der Waals surface area contributed by atoms with E-state index in [4.69, 9.17) is 4.74 Å². The minimum atomic E-state index is -0.208. The minimum absolute atomic E-state index is 0.0695. The van der Waals surface area contributed by atoms with E-state index in [1.807, 2.05) is 24.3 Å². The van der Waals surface area contributed by atoms with Gasteiger partial charge in [0, 0.05) is 35.8 Å². The van der Waals surface area contributed by atoms with Crippen molar-refractivity contribution in [2.45, 2.75) is 13.1 Å². The SMILES string of the molecule is COc1ccccc1Cn1nccc1NC(=O)Cn1cc(-c2cnccn2)cn1. The van der Waals surface area contributed by atoms with Crippen molar-refractivity contribution in [3.8, 4) is 17.0 Å². The molecule has 29 heavy (non-hydrogen) atoms. The fourth-order valence-corrected chi connectivity index (χ4v) is 2.92. The van der Waals surface area contributed by atoms with Crippen LogP contribution in [0.4, 0.5) is 5.82 Å². The molecule has 9 heteroatoms. The van der Waals surface area contributed by atoms with Gasteiger partial charge in [0.2, 0.25) is 5.91 Å². The van der Waals surface area contributed by atoms with Crippen LogP contribution in [-0.4, -0.2) is 42.5 Å². The number of aromatic nitrogens is 6. The van der Waals surface area contributed by atoms with Crippen molar-refractivity contribution in [3.63, 3.8) is 0 Å². The maximum Gasteiger partial charge on any atom is 0.247 e. The maximum absolute atomic E-state index is 12.5. The Bertz CT molecular complexity index is 1100. The van der Waals surface area contributed by atoms with Crippen molar-refractivity contribution in [2.24, 2.45) is 0 Å². The van der Waals surface area contributed by atoms with Gasteiger partial charge in [0.1, 0.15) is 18.1 Å². The molecule has 0 aliphatic rings. The summed E-state index contributed by atoms with van der Waals surface area (Å²) >= 11 is 0. The number of nitrogens with zero attached hydrogens (tertiary/aromatic N) is 6. The number of hydrogen-bond acceptors (Lipinski definition) is 6. The number of rotatable bonds is 7. The van der Waals surface area contributed by atoms with Crippen molar-refractivity contribution >= 4 is 11.7 Å². The zero-order valence-corrected chi connectivity index (χ0v) is 15.8. The van der Waals surface area contributed by atoms with E-state index in [0.29, 0.717) is 18.1 Å². The summed E-state index contributed by atoms with van der Waals surface area (Å²) in [7, 11) is 1.63. The lowest BCUT2D eigenvalue weighted by Crippen LogP contribution is -2.21. The number of ether oxygens (including phenoxy) is 1. The molecule has 0 bridgehead atoms. The molecule has 1 aromatic carbocycles. The normalized spacial score (nSPS) is 10.7. The molecule has 0 aliphatic heterocycles. The molecule has 0 fully saturated rings. The first-order valence-electron chi connectivity index (χ1n) is 8.95. The Morgan fingerprint density at radius 3 is 2.83 bits per heavy atom. The van der Waals surface area contributed by atoms with Gasteiger partial charge < -0.3 is 10.1 Å². The van der Waals surface area contributed by atoms with Crippen LogP contribution in [0.5, 0.6) is 5.75 Å². The molecule has 0 unspecified atom stereocenters. The maximum atomic E-state index is 12.5. The van der Waals surface area contributed by atoms with E-state index in [9.17, 15) is 4.79 Å². The van der Waals surface area contributed by atoms with E-state index in [1.165, 1.54) is 0 Å². The second-order valence-electron chi connectivity index (χ2n) is 6.25. The fraction of sp³-hybridized carbons (Fsp3) is 0.150. The fourth-order valence-electron chi connectivity index (χ4n) is 2.92. The van der Waals surface area contributed by atoms with E-state index < -0.39 is 0 Å². The summed E-state index contributed by atoms with van der Waals surface area (Å²) < 4.78 is 8.65. The summed E-state index contributed by atoms with van der Waals surface area (Å²) in [6.45, 7) is 0.547. The first kappa shape index (κ1) is 18.4. The molecule has 3 heterocycles. The number of hydrogen-bond donors (Lipinski definition) is 1. The summed E-state index contributed by atoms with van der Waals surface area (Å²) in [5, 5.41) is 11.4. The summed E-state index contributed by atoms with van der Waals surface area (Å²) in [4.78, 5) is 20.8. The molecule has 1 amide bonds. The zero-order chi connectivity index (χ0) is 20.1. The predicted molar refractivity (Wildman–Crippen MR) is 106 cm³/mol. The third-order valence-electron chi connectivity index (χ3n) is 4.29. The van der Waals surface area contributed by atoms with Gasteiger partial charge in [-0.1, -0.05) is 18.2 Å². The van der Waals surface area contributed by atoms with Gasteiger partial charge in [-0.25, -0.2) is 4.68 Å². The van der Waals surface area contributed by atoms with Crippen molar-refractivity contribution < 1.29 is 9.53 Å². The Hall–Kier alpha value is -4.01. The van der Waals surface area contributed by atoms with Gasteiger partial charge in [0.25, 0.3) is 0 Å². The van der Waals surface area contributed by atoms with Crippen molar-refractivity contribution in [1.82, 2.24) is 29.5 Å². The number of carbonyl (C=O) groups is 1. The molecule has 4 aromatic rings. The van der Waals surface area contributed by atoms with E-state index >= 15 is 0 Å². The number of para-hydroxylation sites is 1. The van der Waals surface area contributed by atoms with Crippen LogP contribution < -0.4 is 10.1 Å². The Labute approximate surface area is 167 Å². The minimum Gasteiger partial charge on any atom is -0.496 e. The topological polar surface area (TPSA) is 99.8 Å². The standard InChI is InChI=1S/C20H19N7O2/c1-29-18-5-3-2-4-15(18)13-27-19(6-7-23-27)25-20(28)14-26-12-16(10-24-26)17-11-21-8-9-22-17/h2-12H,13-14H2,1H3,(H,25,28). The smallest absolute Gasteiger partial charge is 0.247 e. The third kappa shape index (κ3) is 4.29. The molecule has 0 atom stereocenters. The summed E-state index contributed by atoms with van der Waals surface area (Å²) in [5.74, 6) is 1.16. The van der Waals surface area contributed by atoms with Gasteiger partial charge >= 0.3 is 0 Å². The number of nitrogens with one attached hydrogen (secondary N) is 1. The molecule has 0 aliphatic carbocycles. The van der Waals surface area contributed by atoms with Crippen LogP contribution in [0.15, 0.2) is 67.5 Å². The van der Waals surface area contributed by atoms with Crippen LogP contribution in [0, 0.1) is 0 Å². The second-order valence-corrected chi connectivity index (χ2v) is 6.25. The number of amides is 1. The highest BCUT2D eigenvalue weighted by Crippen LogP contribution is 2.20. The lowest BCUT2D eigenvalue weighted by Gasteiger charge is -2.11. The van der Waals surface area contributed by atoms with E-state index in [2.05, 4.69) is 25.5 Å². The van der Waals surface area contributed by atoms with Crippen molar-refractivity contribution in [1.29, 1.82) is 0 Å². The molecule has 3 aromatic heterocycles. The first-order chi connectivity index (χ1) is 14.2. The average Bonchev–Trinajstić information content (AvgIpc) is 3.39. The van der Waals surface area contributed by atoms with Gasteiger partial charge in [0.05, 0.1) is 37.9 Å². The third-order valence-corrected chi connectivity index (χ3v) is 4.29. The quantitative estimate of drug-likeness (QED) is 0.520. The number of anilines is 1. The summed E-state index contributed by atoms with van der Waals surface area (Å²) in [5.41, 5.74) is 2.47. The van der Waals surface area contributed by atoms with Crippen LogP contribution in [0.25, 0.3) is 11.3 Å². The van der Waals surface area contributed by atoms with Crippen LogP contribution in [0.3, 0.4) is 0 Å². The highest BCUT2D eigenvalue weighted by molar-refractivity contribution is 5.89. The molecular formula is C20H19N7O2. The highest BCUT2D eigenvalue weighted by Gasteiger charge is 2.11. The monoisotopic (exact) mass is 389 g/mol. The number of benzene rings is 1. The Kier molecular flexibility index (Phi) is 5.28. The van der Waals surface area contributed by atoms with Crippen LogP contribution >= 0.6 is 0 Å². The lowest BCUT2D eigenvalue weighted by atomic mass is 10.2. The molecule has 0 saturated heterocycles. The van der Waals surface area contributed by atoms with E-state index in [-0.39, 0.29) is 12.5 Å². The Morgan fingerprint density at radius 1 is 1.10 bits per heavy atom.